The molecule has 2 nitrogen and oxygen atoms in total. The lowest BCUT2D eigenvalue weighted by molar-refractivity contribution is 0.571. The van der Waals surface area contributed by atoms with Crippen LogP contribution in [0.4, 0.5) is 11.4 Å². The van der Waals surface area contributed by atoms with E-state index < -0.39 is 0 Å². The standard InChI is InChI=1S/C31H26Cl2N2/c32-24-12-11-23(30(33)17-24)20-34-25-18-28-26(21-7-3-1-4-8-21)13-15-35-16-14-27(29(19-25)31(28)35)22-9-5-2-6-10-22/h1-12,17-20,26-27H,13-16H2. The van der Waals surface area contributed by atoms with Crippen LogP contribution in [0.15, 0.2) is 96.0 Å². The molecule has 4 aromatic carbocycles. The van der Waals surface area contributed by atoms with Gasteiger partial charge < -0.3 is 4.90 Å². The van der Waals surface area contributed by atoms with E-state index in [-0.39, 0.29) is 0 Å². The zero-order chi connectivity index (χ0) is 23.8. The van der Waals surface area contributed by atoms with Crippen LogP contribution in [0, 0.1) is 0 Å². The number of anilines is 1. The predicted molar refractivity (Wildman–Crippen MR) is 148 cm³/mol. The highest BCUT2D eigenvalue weighted by molar-refractivity contribution is 6.36. The van der Waals surface area contributed by atoms with Gasteiger partial charge in [0, 0.05) is 47.4 Å². The summed E-state index contributed by atoms with van der Waals surface area (Å²) in [4.78, 5) is 7.51. The van der Waals surface area contributed by atoms with E-state index in [0.717, 1.165) is 37.2 Å². The maximum absolute atomic E-state index is 6.42. The summed E-state index contributed by atoms with van der Waals surface area (Å²) in [7, 11) is 0. The van der Waals surface area contributed by atoms with Crippen LogP contribution in [0.1, 0.15) is 52.5 Å². The maximum atomic E-state index is 6.42. The van der Waals surface area contributed by atoms with E-state index in [2.05, 4.69) is 77.7 Å². The molecule has 0 aromatic heterocycles. The molecule has 174 valence electrons. The molecule has 0 spiro atoms. The molecule has 0 saturated carbocycles. The molecule has 2 aliphatic heterocycles. The Labute approximate surface area is 216 Å². The van der Waals surface area contributed by atoms with E-state index in [1.54, 1.807) is 6.07 Å². The fraction of sp³-hybridized carbons (Fsp3) is 0.194. The van der Waals surface area contributed by atoms with Crippen molar-refractivity contribution in [1.82, 2.24) is 0 Å². The lowest BCUT2D eigenvalue weighted by Gasteiger charge is -2.43. The van der Waals surface area contributed by atoms with Crippen molar-refractivity contribution in [3.8, 4) is 0 Å². The second kappa shape index (κ2) is 9.53. The average Bonchev–Trinajstić information content (AvgIpc) is 2.89. The average molecular weight is 497 g/mol. The molecule has 0 bridgehead atoms. The Morgan fingerprint density at radius 1 is 0.714 bits per heavy atom. The summed E-state index contributed by atoms with van der Waals surface area (Å²) in [6.45, 7) is 2.17. The van der Waals surface area contributed by atoms with Gasteiger partial charge in [-0.15, -0.1) is 0 Å². The van der Waals surface area contributed by atoms with Crippen LogP contribution in [-0.2, 0) is 0 Å². The van der Waals surface area contributed by atoms with E-state index in [4.69, 9.17) is 28.2 Å². The van der Waals surface area contributed by atoms with Crippen LogP contribution in [0.2, 0.25) is 10.0 Å². The second-order valence-corrected chi connectivity index (χ2v) is 10.2. The first-order valence-corrected chi connectivity index (χ1v) is 12.9. The smallest absolute Gasteiger partial charge is 0.0637 e. The molecule has 0 fully saturated rings. The summed E-state index contributed by atoms with van der Waals surface area (Å²) in [5.41, 5.74) is 8.76. The zero-order valence-corrected chi connectivity index (χ0v) is 20.9. The number of aliphatic imine (C=N–C) groups is 1. The normalized spacial score (nSPS) is 19.1. The number of benzene rings is 4. The lowest BCUT2D eigenvalue weighted by Crippen LogP contribution is -2.37. The molecule has 4 aromatic rings. The fourth-order valence-corrected chi connectivity index (χ4v) is 6.12. The van der Waals surface area contributed by atoms with Crippen molar-refractivity contribution < 1.29 is 0 Å². The van der Waals surface area contributed by atoms with Gasteiger partial charge in [-0.05, 0) is 59.4 Å². The van der Waals surface area contributed by atoms with Crippen LogP contribution in [0.5, 0.6) is 0 Å². The van der Waals surface area contributed by atoms with Gasteiger partial charge in [-0.25, -0.2) is 0 Å². The Bertz CT molecular complexity index is 1310. The van der Waals surface area contributed by atoms with Crippen molar-refractivity contribution in [2.45, 2.75) is 24.7 Å². The third kappa shape index (κ3) is 4.37. The quantitative estimate of drug-likeness (QED) is 0.258. The van der Waals surface area contributed by atoms with E-state index in [1.165, 1.54) is 27.9 Å². The van der Waals surface area contributed by atoms with Crippen molar-refractivity contribution >= 4 is 40.8 Å². The van der Waals surface area contributed by atoms with Gasteiger partial charge in [-0.1, -0.05) is 89.9 Å². The third-order valence-corrected chi connectivity index (χ3v) is 7.88. The maximum Gasteiger partial charge on any atom is 0.0637 e. The van der Waals surface area contributed by atoms with Gasteiger partial charge in [-0.2, -0.15) is 0 Å². The van der Waals surface area contributed by atoms with Crippen molar-refractivity contribution in [3.63, 3.8) is 0 Å². The Morgan fingerprint density at radius 3 is 1.83 bits per heavy atom. The first-order chi connectivity index (χ1) is 17.2. The Hall–Kier alpha value is -3.07. The summed E-state index contributed by atoms with van der Waals surface area (Å²) in [6.07, 6.45) is 4.08. The first-order valence-electron chi connectivity index (χ1n) is 12.2. The minimum Gasteiger partial charge on any atom is -0.371 e. The van der Waals surface area contributed by atoms with E-state index in [1.807, 2.05) is 18.3 Å². The highest BCUT2D eigenvalue weighted by Crippen LogP contribution is 2.49. The van der Waals surface area contributed by atoms with Crippen LogP contribution < -0.4 is 4.90 Å². The van der Waals surface area contributed by atoms with E-state index in [0.29, 0.717) is 21.9 Å². The molecule has 6 rings (SSSR count). The Morgan fingerprint density at radius 2 is 1.29 bits per heavy atom. The Balaban J connectivity index is 1.50. The number of halogens is 2. The summed E-state index contributed by atoms with van der Waals surface area (Å²) in [5, 5.41) is 1.23. The van der Waals surface area contributed by atoms with Crippen molar-refractivity contribution in [3.05, 3.63) is 129 Å². The first kappa shape index (κ1) is 22.4. The van der Waals surface area contributed by atoms with E-state index in [9.17, 15) is 0 Å². The van der Waals surface area contributed by atoms with Gasteiger partial charge in [0.15, 0.2) is 0 Å². The molecule has 0 saturated heterocycles. The number of rotatable bonds is 4. The van der Waals surface area contributed by atoms with Gasteiger partial charge in [-0.3, -0.25) is 4.99 Å². The zero-order valence-electron chi connectivity index (χ0n) is 19.4. The van der Waals surface area contributed by atoms with Gasteiger partial charge in [0.25, 0.3) is 0 Å². The van der Waals surface area contributed by atoms with Crippen LogP contribution in [0.3, 0.4) is 0 Å². The third-order valence-electron chi connectivity index (χ3n) is 7.32. The number of hydrogen-bond acceptors (Lipinski definition) is 2. The van der Waals surface area contributed by atoms with Crippen molar-refractivity contribution in [2.75, 3.05) is 18.0 Å². The van der Waals surface area contributed by atoms with Gasteiger partial charge in [0.1, 0.15) is 0 Å². The summed E-state index contributed by atoms with van der Waals surface area (Å²) in [6, 6.07) is 31.9. The molecule has 2 aliphatic rings. The van der Waals surface area contributed by atoms with Crippen LogP contribution in [0.25, 0.3) is 0 Å². The molecular formula is C31H26Cl2N2. The largest absolute Gasteiger partial charge is 0.371 e. The summed E-state index contributed by atoms with van der Waals surface area (Å²) < 4.78 is 0. The molecule has 2 heterocycles. The topological polar surface area (TPSA) is 15.6 Å². The number of nitrogens with zero attached hydrogens (tertiary/aromatic N) is 2. The molecule has 0 amide bonds. The monoisotopic (exact) mass is 496 g/mol. The van der Waals surface area contributed by atoms with E-state index >= 15 is 0 Å². The highest BCUT2D eigenvalue weighted by atomic mass is 35.5. The van der Waals surface area contributed by atoms with Gasteiger partial charge >= 0.3 is 0 Å². The van der Waals surface area contributed by atoms with Crippen molar-refractivity contribution in [1.29, 1.82) is 0 Å². The Kier molecular flexibility index (Phi) is 6.10. The molecule has 35 heavy (non-hydrogen) atoms. The van der Waals surface area contributed by atoms with Crippen LogP contribution in [-0.4, -0.2) is 19.3 Å². The second-order valence-electron chi connectivity index (χ2n) is 9.39. The molecule has 2 atom stereocenters. The summed E-state index contributed by atoms with van der Waals surface area (Å²) >= 11 is 12.5. The molecule has 4 heteroatoms. The SMILES string of the molecule is Clc1ccc(C=Nc2cc3c4c(c2)C(c2ccccc2)CCN4CCC3c2ccccc2)c(Cl)c1. The predicted octanol–water partition coefficient (Wildman–Crippen LogP) is 8.62. The number of hydrogen-bond donors (Lipinski definition) is 0. The highest BCUT2D eigenvalue weighted by Gasteiger charge is 2.35. The molecule has 0 aliphatic carbocycles. The fourth-order valence-electron chi connectivity index (χ4n) is 5.66. The molecule has 0 radical (unpaired) electrons. The van der Waals surface area contributed by atoms with Crippen LogP contribution >= 0.6 is 23.2 Å². The van der Waals surface area contributed by atoms with Gasteiger partial charge in [0.2, 0.25) is 0 Å². The minimum atomic E-state index is 0.366. The van der Waals surface area contributed by atoms with Crippen molar-refractivity contribution in [2.24, 2.45) is 4.99 Å². The molecule has 0 N–H and O–H groups in total. The molecular weight excluding hydrogens is 471 g/mol. The lowest BCUT2D eigenvalue weighted by atomic mass is 9.76. The summed E-state index contributed by atoms with van der Waals surface area (Å²) in [5.74, 6) is 0.731. The van der Waals surface area contributed by atoms with Gasteiger partial charge in [0.05, 0.1) is 10.7 Å². The molecule has 2 unspecified atom stereocenters. The minimum absolute atomic E-state index is 0.366.